The molecule has 2 amide bonds. The van der Waals surface area contributed by atoms with Gasteiger partial charge in [-0.05, 0) is 66.8 Å². The van der Waals surface area contributed by atoms with E-state index in [1.807, 2.05) is 65.6 Å². The first kappa shape index (κ1) is 28.6. The highest BCUT2D eigenvalue weighted by molar-refractivity contribution is 5.89. The van der Waals surface area contributed by atoms with Crippen molar-refractivity contribution in [2.45, 2.75) is 39.0 Å². The first-order valence-electron chi connectivity index (χ1n) is 13.2. The largest absolute Gasteiger partial charge is 0.497 e. The van der Waals surface area contributed by atoms with Gasteiger partial charge in [0.2, 0.25) is 0 Å². The van der Waals surface area contributed by atoms with Gasteiger partial charge in [0, 0.05) is 18.8 Å². The highest BCUT2D eigenvalue weighted by Crippen LogP contribution is 2.28. The second kappa shape index (κ2) is 15.4. The van der Waals surface area contributed by atoms with Gasteiger partial charge in [0.25, 0.3) is 0 Å². The number of anilines is 1. The van der Waals surface area contributed by atoms with Gasteiger partial charge in [0.1, 0.15) is 5.75 Å². The number of methoxy groups -OCH3 is 3. The van der Waals surface area contributed by atoms with Gasteiger partial charge >= 0.3 is 6.03 Å². The molecule has 0 aliphatic carbocycles. The molecule has 0 aliphatic rings. The molecule has 0 aromatic heterocycles. The molecular formula is C32H40N2O4. The van der Waals surface area contributed by atoms with Gasteiger partial charge < -0.3 is 24.4 Å². The van der Waals surface area contributed by atoms with E-state index < -0.39 is 0 Å². The summed E-state index contributed by atoms with van der Waals surface area (Å²) in [6, 6.07) is 23.5. The lowest BCUT2D eigenvalue weighted by Gasteiger charge is -2.25. The summed E-state index contributed by atoms with van der Waals surface area (Å²) < 4.78 is 16.1. The number of amides is 2. The molecule has 0 bridgehead atoms. The standard InChI is InChI=1S/C32H40N2O4/c1-5-6-8-13-27(22-25-11-9-7-10-12-25)24-34(32(35)33-28-15-17-29(36-2)18-16-28)21-20-26-14-19-30(37-3)31(23-26)38-4/h7,9-12,14-19,22-23H,5-6,8,13,20-21,24H2,1-4H3,(H,33,35). The average Bonchev–Trinajstić information content (AvgIpc) is 2.95. The smallest absolute Gasteiger partial charge is 0.322 e. The van der Waals surface area contributed by atoms with Crippen LogP contribution in [0.25, 0.3) is 6.08 Å². The van der Waals surface area contributed by atoms with E-state index >= 15 is 0 Å². The number of ether oxygens (including phenoxy) is 3. The van der Waals surface area contributed by atoms with Gasteiger partial charge in [0.05, 0.1) is 21.3 Å². The Morgan fingerprint density at radius 3 is 2.26 bits per heavy atom. The number of nitrogens with one attached hydrogen (secondary N) is 1. The van der Waals surface area contributed by atoms with Gasteiger partial charge in [-0.2, -0.15) is 0 Å². The fourth-order valence-electron chi connectivity index (χ4n) is 4.26. The molecule has 0 aliphatic heterocycles. The first-order chi connectivity index (χ1) is 18.6. The van der Waals surface area contributed by atoms with Crippen molar-refractivity contribution in [2.75, 3.05) is 39.7 Å². The monoisotopic (exact) mass is 516 g/mol. The summed E-state index contributed by atoms with van der Waals surface area (Å²) in [4.78, 5) is 15.4. The molecule has 6 heteroatoms. The van der Waals surface area contributed by atoms with Crippen LogP contribution in [0.1, 0.15) is 43.7 Å². The Hall–Kier alpha value is -3.93. The molecule has 3 aromatic rings. The van der Waals surface area contributed by atoms with Crippen molar-refractivity contribution in [2.24, 2.45) is 0 Å². The Bertz CT molecular complexity index is 1160. The molecule has 0 saturated heterocycles. The summed E-state index contributed by atoms with van der Waals surface area (Å²) in [5.74, 6) is 2.12. The number of rotatable bonds is 14. The van der Waals surface area contributed by atoms with Gasteiger partial charge in [-0.1, -0.05) is 67.8 Å². The van der Waals surface area contributed by atoms with E-state index in [2.05, 4.69) is 30.4 Å². The molecule has 1 N–H and O–H groups in total. The average molecular weight is 517 g/mol. The van der Waals surface area contributed by atoms with Crippen molar-refractivity contribution >= 4 is 17.8 Å². The van der Waals surface area contributed by atoms with Crippen LogP contribution >= 0.6 is 0 Å². The minimum Gasteiger partial charge on any atom is -0.497 e. The van der Waals surface area contributed by atoms with Crippen molar-refractivity contribution in [3.05, 3.63) is 89.5 Å². The molecule has 0 spiro atoms. The molecule has 0 heterocycles. The molecule has 3 rings (SSSR count). The van der Waals surface area contributed by atoms with E-state index in [1.54, 1.807) is 21.3 Å². The van der Waals surface area contributed by atoms with E-state index in [0.29, 0.717) is 31.0 Å². The quantitative estimate of drug-likeness (QED) is 0.226. The second-order valence-corrected chi connectivity index (χ2v) is 9.19. The Morgan fingerprint density at radius 2 is 1.61 bits per heavy atom. The lowest BCUT2D eigenvalue weighted by atomic mass is 10.0. The second-order valence-electron chi connectivity index (χ2n) is 9.19. The number of benzene rings is 3. The number of unbranched alkanes of at least 4 members (excludes halogenated alkanes) is 2. The predicted octanol–water partition coefficient (Wildman–Crippen LogP) is 7.45. The van der Waals surface area contributed by atoms with Crippen LogP contribution in [0, 0.1) is 0 Å². The van der Waals surface area contributed by atoms with Crippen LogP contribution in [-0.2, 0) is 6.42 Å². The number of hydrogen-bond acceptors (Lipinski definition) is 4. The van der Waals surface area contributed by atoms with Crippen molar-refractivity contribution < 1.29 is 19.0 Å². The molecule has 0 fully saturated rings. The zero-order chi connectivity index (χ0) is 27.2. The van der Waals surface area contributed by atoms with Crippen LogP contribution < -0.4 is 19.5 Å². The van der Waals surface area contributed by atoms with E-state index in [4.69, 9.17) is 14.2 Å². The number of carbonyl (C=O) groups excluding carboxylic acids is 1. The highest BCUT2D eigenvalue weighted by atomic mass is 16.5. The minimum atomic E-state index is -0.134. The number of carbonyl (C=O) groups is 1. The molecule has 0 radical (unpaired) electrons. The molecule has 0 unspecified atom stereocenters. The third-order valence-electron chi connectivity index (χ3n) is 6.41. The Morgan fingerprint density at radius 1 is 0.868 bits per heavy atom. The van der Waals surface area contributed by atoms with Crippen LogP contribution in [0.3, 0.4) is 0 Å². The van der Waals surface area contributed by atoms with E-state index in [1.165, 1.54) is 5.57 Å². The summed E-state index contributed by atoms with van der Waals surface area (Å²) in [5, 5.41) is 3.07. The predicted molar refractivity (Wildman–Crippen MR) is 155 cm³/mol. The summed E-state index contributed by atoms with van der Waals surface area (Å²) in [6.07, 6.45) is 7.27. The highest BCUT2D eigenvalue weighted by Gasteiger charge is 2.17. The van der Waals surface area contributed by atoms with E-state index in [-0.39, 0.29) is 6.03 Å². The maximum Gasteiger partial charge on any atom is 0.322 e. The normalized spacial score (nSPS) is 11.1. The van der Waals surface area contributed by atoms with Crippen molar-refractivity contribution in [1.82, 2.24) is 4.90 Å². The SMILES string of the molecule is CCCCCC(=Cc1ccccc1)CN(CCc1ccc(OC)c(OC)c1)C(=O)Nc1ccc(OC)cc1. The maximum atomic E-state index is 13.5. The lowest BCUT2D eigenvalue weighted by molar-refractivity contribution is 0.216. The molecule has 0 saturated carbocycles. The number of nitrogens with zero attached hydrogens (tertiary/aromatic N) is 1. The Kier molecular flexibility index (Phi) is 11.6. The van der Waals surface area contributed by atoms with Crippen LogP contribution in [-0.4, -0.2) is 45.3 Å². The summed E-state index contributed by atoms with van der Waals surface area (Å²) in [7, 11) is 4.89. The van der Waals surface area contributed by atoms with E-state index in [9.17, 15) is 4.79 Å². The third-order valence-corrected chi connectivity index (χ3v) is 6.41. The fourth-order valence-corrected chi connectivity index (χ4v) is 4.26. The van der Waals surface area contributed by atoms with Crippen molar-refractivity contribution in [3.8, 4) is 17.2 Å². The zero-order valence-corrected chi connectivity index (χ0v) is 23.0. The summed E-state index contributed by atoms with van der Waals surface area (Å²) in [6.45, 7) is 3.31. The van der Waals surface area contributed by atoms with Crippen molar-refractivity contribution in [1.29, 1.82) is 0 Å². The topological polar surface area (TPSA) is 60.0 Å². The first-order valence-corrected chi connectivity index (χ1v) is 13.2. The van der Waals surface area contributed by atoms with E-state index in [0.717, 1.165) is 48.2 Å². The van der Waals surface area contributed by atoms with Crippen molar-refractivity contribution in [3.63, 3.8) is 0 Å². The molecule has 6 nitrogen and oxygen atoms in total. The van der Waals surface area contributed by atoms with Gasteiger partial charge in [-0.25, -0.2) is 4.79 Å². The number of hydrogen-bond donors (Lipinski definition) is 1. The third kappa shape index (κ3) is 8.87. The Labute approximate surface area is 227 Å². The Balaban J connectivity index is 1.83. The molecular weight excluding hydrogens is 476 g/mol. The van der Waals surface area contributed by atoms with Gasteiger partial charge in [0.15, 0.2) is 11.5 Å². The van der Waals surface area contributed by atoms with Gasteiger partial charge in [-0.15, -0.1) is 0 Å². The lowest BCUT2D eigenvalue weighted by Crippen LogP contribution is -2.38. The van der Waals surface area contributed by atoms with Crippen LogP contribution in [0.4, 0.5) is 10.5 Å². The summed E-state index contributed by atoms with van der Waals surface area (Å²) in [5.41, 5.74) is 4.19. The fraction of sp³-hybridized carbons (Fsp3) is 0.344. The number of urea groups is 1. The summed E-state index contributed by atoms with van der Waals surface area (Å²) >= 11 is 0. The van der Waals surface area contributed by atoms with Crippen LogP contribution in [0.5, 0.6) is 17.2 Å². The minimum absolute atomic E-state index is 0.134. The molecule has 0 atom stereocenters. The molecule has 202 valence electrons. The molecule has 38 heavy (non-hydrogen) atoms. The van der Waals surface area contributed by atoms with Crippen LogP contribution in [0.15, 0.2) is 78.4 Å². The zero-order valence-electron chi connectivity index (χ0n) is 23.0. The van der Waals surface area contributed by atoms with Gasteiger partial charge in [-0.3, -0.25) is 0 Å². The maximum absolute atomic E-state index is 13.5. The molecule has 3 aromatic carbocycles. The van der Waals surface area contributed by atoms with Crippen LogP contribution in [0.2, 0.25) is 0 Å².